The minimum absolute atomic E-state index is 0.922. The molecule has 0 fully saturated rings. The summed E-state index contributed by atoms with van der Waals surface area (Å²) in [6.45, 7) is 2.27. The molecule has 0 aliphatic rings. The average Bonchev–Trinajstić information content (AvgIpc) is 2.50. The molecule has 0 saturated carbocycles. The van der Waals surface area contributed by atoms with Crippen LogP contribution in [0.4, 0.5) is 0 Å². The quantitative estimate of drug-likeness (QED) is 0.434. The van der Waals surface area contributed by atoms with E-state index in [2.05, 4.69) is 31.2 Å². The molecule has 0 radical (unpaired) electrons. The molecular formula is C19H30O. The standard InChI is InChI=1S/C19H30O/c1-3-4-5-6-7-8-9-10-11-12-13-18-14-16-19(20-2)17-15-18/h12-17H,3-11H2,1-2H3. The summed E-state index contributed by atoms with van der Waals surface area (Å²) in [7, 11) is 1.70. The van der Waals surface area contributed by atoms with Gasteiger partial charge in [-0.15, -0.1) is 0 Å². The second kappa shape index (κ2) is 11.6. The maximum absolute atomic E-state index is 5.15. The zero-order valence-corrected chi connectivity index (χ0v) is 13.2. The molecule has 0 aliphatic carbocycles. The van der Waals surface area contributed by atoms with Gasteiger partial charge in [0.1, 0.15) is 5.75 Å². The van der Waals surface area contributed by atoms with Gasteiger partial charge in [0.05, 0.1) is 7.11 Å². The fourth-order valence-corrected chi connectivity index (χ4v) is 2.33. The molecule has 0 atom stereocenters. The Labute approximate surface area is 125 Å². The third-order valence-electron chi connectivity index (χ3n) is 3.65. The van der Waals surface area contributed by atoms with E-state index in [1.54, 1.807) is 7.11 Å². The maximum Gasteiger partial charge on any atom is 0.118 e. The summed E-state index contributed by atoms with van der Waals surface area (Å²) in [6.07, 6.45) is 16.8. The van der Waals surface area contributed by atoms with Gasteiger partial charge in [-0.3, -0.25) is 0 Å². The van der Waals surface area contributed by atoms with E-state index < -0.39 is 0 Å². The van der Waals surface area contributed by atoms with Gasteiger partial charge < -0.3 is 4.74 Å². The van der Waals surface area contributed by atoms with Crippen molar-refractivity contribution in [1.82, 2.24) is 0 Å². The monoisotopic (exact) mass is 274 g/mol. The van der Waals surface area contributed by atoms with E-state index in [-0.39, 0.29) is 0 Å². The highest BCUT2D eigenvalue weighted by atomic mass is 16.5. The third-order valence-corrected chi connectivity index (χ3v) is 3.65. The van der Waals surface area contributed by atoms with E-state index in [0.717, 1.165) is 5.75 Å². The Hall–Kier alpha value is -1.24. The number of ether oxygens (including phenoxy) is 1. The molecule has 0 amide bonds. The number of allylic oxidation sites excluding steroid dienone is 1. The number of benzene rings is 1. The van der Waals surface area contributed by atoms with Gasteiger partial charge in [0.25, 0.3) is 0 Å². The van der Waals surface area contributed by atoms with E-state index >= 15 is 0 Å². The number of rotatable bonds is 11. The van der Waals surface area contributed by atoms with Crippen LogP contribution in [0.5, 0.6) is 5.75 Å². The Balaban J connectivity index is 2.01. The van der Waals surface area contributed by atoms with Crippen LogP contribution in [0.15, 0.2) is 30.3 Å². The number of unbranched alkanes of at least 4 members (excludes halogenated alkanes) is 8. The fourth-order valence-electron chi connectivity index (χ4n) is 2.33. The SMILES string of the molecule is CCCCCCCCCCC=Cc1ccc(OC)cc1. The molecule has 1 heteroatoms. The van der Waals surface area contributed by atoms with Crippen LogP contribution in [0.1, 0.15) is 70.3 Å². The van der Waals surface area contributed by atoms with E-state index in [0.29, 0.717) is 0 Å². The highest BCUT2D eigenvalue weighted by Gasteiger charge is 1.91. The zero-order valence-electron chi connectivity index (χ0n) is 13.2. The van der Waals surface area contributed by atoms with Crippen molar-refractivity contribution in [2.24, 2.45) is 0 Å². The van der Waals surface area contributed by atoms with E-state index in [4.69, 9.17) is 4.74 Å². The third kappa shape index (κ3) is 8.04. The fraction of sp³-hybridized carbons (Fsp3) is 0.579. The van der Waals surface area contributed by atoms with Crippen molar-refractivity contribution in [3.63, 3.8) is 0 Å². The first kappa shape index (κ1) is 16.8. The summed E-state index contributed by atoms with van der Waals surface area (Å²) in [6, 6.07) is 8.22. The van der Waals surface area contributed by atoms with Crippen molar-refractivity contribution >= 4 is 6.08 Å². The number of methoxy groups -OCH3 is 1. The van der Waals surface area contributed by atoms with E-state index in [1.807, 2.05) is 12.1 Å². The molecule has 1 rings (SSSR count). The van der Waals surface area contributed by atoms with Gasteiger partial charge in [-0.1, -0.05) is 76.2 Å². The Bertz CT molecular complexity index is 351. The molecule has 0 bridgehead atoms. The summed E-state index contributed by atoms with van der Waals surface area (Å²) in [5, 5.41) is 0. The predicted molar refractivity (Wildman–Crippen MR) is 89.3 cm³/mol. The normalized spacial score (nSPS) is 11.1. The Morgan fingerprint density at radius 2 is 1.45 bits per heavy atom. The number of hydrogen-bond acceptors (Lipinski definition) is 1. The van der Waals surface area contributed by atoms with E-state index in [1.165, 1.54) is 63.4 Å². The zero-order chi connectivity index (χ0) is 14.5. The van der Waals surface area contributed by atoms with Crippen LogP contribution in [-0.2, 0) is 0 Å². The summed E-state index contributed by atoms with van der Waals surface area (Å²) in [5.41, 5.74) is 1.25. The van der Waals surface area contributed by atoms with Crippen LogP contribution in [0.3, 0.4) is 0 Å². The van der Waals surface area contributed by atoms with Crippen LogP contribution in [-0.4, -0.2) is 7.11 Å². The first-order chi connectivity index (χ1) is 9.86. The minimum Gasteiger partial charge on any atom is -0.497 e. The van der Waals surface area contributed by atoms with Gasteiger partial charge in [-0.05, 0) is 30.5 Å². The van der Waals surface area contributed by atoms with Gasteiger partial charge in [0.15, 0.2) is 0 Å². The van der Waals surface area contributed by atoms with Crippen LogP contribution >= 0.6 is 0 Å². The van der Waals surface area contributed by atoms with Gasteiger partial charge in [-0.25, -0.2) is 0 Å². The van der Waals surface area contributed by atoms with E-state index in [9.17, 15) is 0 Å². The summed E-state index contributed by atoms with van der Waals surface area (Å²) < 4.78 is 5.15. The molecule has 1 aromatic rings. The molecule has 0 aromatic heterocycles. The molecule has 0 N–H and O–H groups in total. The van der Waals surface area contributed by atoms with Gasteiger partial charge >= 0.3 is 0 Å². The Kier molecular flexibility index (Phi) is 9.73. The van der Waals surface area contributed by atoms with Crippen molar-refractivity contribution in [3.05, 3.63) is 35.9 Å². The Morgan fingerprint density at radius 1 is 0.850 bits per heavy atom. The lowest BCUT2D eigenvalue weighted by molar-refractivity contribution is 0.415. The molecule has 1 nitrogen and oxygen atoms in total. The summed E-state index contributed by atoms with van der Waals surface area (Å²) in [4.78, 5) is 0. The lowest BCUT2D eigenvalue weighted by atomic mass is 10.1. The highest BCUT2D eigenvalue weighted by molar-refractivity contribution is 5.50. The van der Waals surface area contributed by atoms with Crippen molar-refractivity contribution < 1.29 is 4.74 Å². The molecule has 20 heavy (non-hydrogen) atoms. The van der Waals surface area contributed by atoms with Crippen LogP contribution in [0.25, 0.3) is 6.08 Å². The molecular weight excluding hydrogens is 244 g/mol. The largest absolute Gasteiger partial charge is 0.497 e. The molecule has 0 heterocycles. The summed E-state index contributed by atoms with van der Waals surface area (Å²) in [5.74, 6) is 0.922. The van der Waals surface area contributed by atoms with Gasteiger partial charge in [-0.2, -0.15) is 0 Å². The van der Waals surface area contributed by atoms with Crippen molar-refractivity contribution in [1.29, 1.82) is 0 Å². The van der Waals surface area contributed by atoms with Crippen LogP contribution < -0.4 is 4.74 Å². The Morgan fingerprint density at radius 3 is 2.05 bits per heavy atom. The molecule has 0 aliphatic heterocycles. The second-order valence-electron chi connectivity index (χ2n) is 5.44. The number of hydrogen-bond donors (Lipinski definition) is 0. The van der Waals surface area contributed by atoms with Crippen molar-refractivity contribution in [3.8, 4) is 5.75 Å². The highest BCUT2D eigenvalue weighted by Crippen LogP contribution is 2.13. The van der Waals surface area contributed by atoms with Crippen LogP contribution in [0.2, 0.25) is 0 Å². The first-order valence-corrected chi connectivity index (χ1v) is 8.17. The molecule has 0 unspecified atom stereocenters. The molecule has 112 valence electrons. The topological polar surface area (TPSA) is 9.23 Å². The van der Waals surface area contributed by atoms with Gasteiger partial charge in [0.2, 0.25) is 0 Å². The molecule has 0 saturated heterocycles. The smallest absolute Gasteiger partial charge is 0.118 e. The lowest BCUT2D eigenvalue weighted by Crippen LogP contribution is -1.81. The van der Waals surface area contributed by atoms with Crippen LogP contribution in [0, 0.1) is 0 Å². The lowest BCUT2D eigenvalue weighted by Gasteiger charge is -2.00. The van der Waals surface area contributed by atoms with Crippen molar-refractivity contribution in [2.45, 2.75) is 64.7 Å². The summed E-state index contributed by atoms with van der Waals surface area (Å²) >= 11 is 0. The average molecular weight is 274 g/mol. The van der Waals surface area contributed by atoms with Crippen molar-refractivity contribution in [2.75, 3.05) is 7.11 Å². The van der Waals surface area contributed by atoms with Gasteiger partial charge in [0, 0.05) is 0 Å². The first-order valence-electron chi connectivity index (χ1n) is 8.17. The predicted octanol–water partition coefficient (Wildman–Crippen LogP) is 6.24. The minimum atomic E-state index is 0.922. The second-order valence-corrected chi connectivity index (χ2v) is 5.44. The molecule has 1 aromatic carbocycles. The molecule has 0 spiro atoms. The maximum atomic E-state index is 5.15.